The molecule has 0 amide bonds. The lowest BCUT2D eigenvalue weighted by atomic mass is 10.1. The first-order valence-corrected chi connectivity index (χ1v) is 5.24. The Morgan fingerprint density at radius 3 is 2.58 bits per heavy atom. The molecular weight excluding hydrogens is 148 g/mol. The Hall–Kier alpha value is -0.0800. The summed E-state index contributed by atoms with van der Waals surface area (Å²) in [6.07, 6.45) is 6.65. The van der Waals surface area contributed by atoms with Gasteiger partial charge in [-0.3, -0.25) is 0 Å². The van der Waals surface area contributed by atoms with Crippen LogP contribution in [0.5, 0.6) is 0 Å². The molecule has 1 saturated carbocycles. The van der Waals surface area contributed by atoms with E-state index in [-0.39, 0.29) is 0 Å². The number of nitrogens with one attached hydrogen (secondary N) is 1. The first-order valence-electron chi connectivity index (χ1n) is 5.24. The van der Waals surface area contributed by atoms with Crippen molar-refractivity contribution in [2.24, 2.45) is 11.1 Å². The largest absolute Gasteiger partial charge is 0.330 e. The molecular formula is C10H22N2. The van der Waals surface area contributed by atoms with Crippen molar-refractivity contribution < 1.29 is 0 Å². The van der Waals surface area contributed by atoms with Crippen LogP contribution in [0, 0.1) is 5.41 Å². The molecule has 0 bridgehead atoms. The van der Waals surface area contributed by atoms with Gasteiger partial charge in [-0.2, -0.15) is 0 Å². The van der Waals surface area contributed by atoms with Crippen LogP contribution >= 0.6 is 0 Å². The van der Waals surface area contributed by atoms with Gasteiger partial charge in [0.05, 0.1) is 0 Å². The van der Waals surface area contributed by atoms with Crippen LogP contribution in [0.2, 0.25) is 0 Å². The van der Waals surface area contributed by atoms with E-state index < -0.39 is 0 Å². The summed E-state index contributed by atoms with van der Waals surface area (Å²) in [6.45, 7) is 5.43. The summed E-state index contributed by atoms with van der Waals surface area (Å²) >= 11 is 0. The minimum absolute atomic E-state index is 0.506. The quantitative estimate of drug-likeness (QED) is 0.568. The zero-order valence-electron chi connectivity index (χ0n) is 8.23. The lowest BCUT2D eigenvalue weighted by Crippen LogP contribution is -2.30. The van der Waals surface area contributed by atoms with E-state index in [1.807, 2.05) is 0 Å². The highest BCUT2D eigenvalue weighted by molar-refractivity contribution is 4.95. The molecule has 72 valence electrons. The van der Waals surface area contributed by atoms with Gasteiger partial charge < -0.3 is 11.1 Å². The molecule has 12 heavy (non-hydrogen) atoms. The topological polar surface area (TPSA) is 38.0 Å². The van der Waals surface area contributed by atoms with E-state index in [0.717, 1.165) is 13.1 Å². The molecule has 0 radical (unpaired) electrons. The molecule has 2 heteroatoms. The minimum Gasteiger partial charge on any atom is -0.330 e. The van der Waals surface area contributed by atoms with Gasteiger partial charge in [0.25, 0.3) is 0 Å². The van der Waals surface area contributed by atoms with Crippen molar-refractivity contribution in [2.45, 2.75) is 39.0 Å². The minimum atomic E-state index is 0.506. The SMILES string of the molecule is CCCCCNCC1(CN)CC1. The van der Waals surface area contributed by atoms with Gasteiger partial charge in [0, 0.05) is 6.54 Å². The maximum atomic E-state index is 5.67. The number of hydrogen-bond donors (Lipinski definition) is 2. The fourth-order valence-electron chi connectivity index (χ4n) is 1.48. The number of unbranched alkanes of at least 4 members (excludes halogenated alkanes) is 2. The van der Waals surface area contributed by atoms with Crippen LogP contribution in [0.1, 0.15) is 39.0 Å². The van der Waals surface area contributed by atoms with Gasteiger partial charge in [-0.25, -0.2) is 0 Å². The fourth-order valence-corrected chi connectivity index (χ4v) is 1.48. The third kappa shape index (κ3) is 3.11. The lowest BCUT2D eigenvalue weighted by molar-refractivity contribution is 0.461. The summed E-state index contributed by atoms with van der Waals surface area (Å²) in [5, 5.41) is 3.49. The summed E-state index contributed by atoms with van der Waals surface area (Å²) in [7, 11) is 0. The molecule has 1 rings (SSSR count). The molecule has 3 N–H and O–H groups in total. The summed E-state index contributed by atoms with van der Waals surface area (Å²) < 4.78 is 0. The van der Waals surface area contributed by atoms with Crippen LogP contribution in [0.4, 0.5) is 0 Å². The summed E-state index contributed by atoms with van der Waals surface area (Å²) in [4.78, 5) is 0. The van der Waals surface area contributed by atoms with Crippen LogP contribution in [-0.4, -0.2) is 19.6 Å². The van der Waals surface area contributed by atoms with E-state index >= 15 is 0 Å². The normalized spacial score (nSPS) is 19.5. The van der Waals surface area contributed by atoms with Crippen molar-refractivity contribution in [1.82, 2.24) is 5.32 Å². The first-order chi connectivity index (χ1) is 5.83. The van der Waals surface area contributed by atoms with Gasteiger partial charge >= 0.3 is 0 Å². The number of hydrogen-bond acceptors (Lipinski definition) is 2. The summed E-state index contributed by atoms with van der Waals surface area (Å²) in [5.41, 5.74) is 6.18. The van der Waals surface area contributed by atoms with E-state index in [4.69, 9.17) is 5.73 Å². The maximum Gasteiger partial charge on any atom is 0.00199 e. The molecule has 0 aromatic heterocycles. The highest BCUT2D eigenvalue weighted by atomic mass is 14.9. The van der Waals surface area contributed by atoms with Gasteiger partial charge in [0.1, 0.15) is 0 Å². The molecule has 0 spiro atoms. The van der Waals surface area contributed by atoms with E-state index in [2.05, 4.69) is 12.2 Å². The van der Waals surface area contributed by atoms with Crippen LogP contribution in [0.25, 0.3) is 0 Å². The van der Waals surface area contributed by atoms with Gasteiger partial charge in [-0.15, -0.1) is 0 Å². The predicted molar refractivity (Wildman–Crippen MR) is 53.1 cm³/mol. The molecule has 0 aromatic carbocycles. The number of nitrogens with two attached hydrogens (primary N) is 1. The van der Waals surface area contributed by atoms with Gasteiger partial charge in [0.2, 0.25) is 0 Å². The Morgan fingerprint density at radius 1 is 1.33 bits per heavy atom. The Morgan fingerprint density at radius 2 is 2.08 bits per heavy atom. The van der Waals surface area contributed by atoms with Crippen molar-refractivity contribution in [3.63, 3.8) is 0 Å². The summed E-state index contributed by atoms with van der Waals surface area (Å²) in [5.74, 6) is 0. The highest BCUT2D eigenvalue weighted by Crippen LogP contribution is 2.43. The standard InChI is InChI=1S/C10H22N2/c1-2-3-4-7-12-9-10(8-11)5-6-10/h12H,2-9,11H2,1H3. The second-order valence-corrected chi connectivity index (χ2v) is 4.09. The molecule has 1 fully saturated rings. The zero-order chi connectivity index (χ0) is 8.86. The Balaban J connectivity index is 1.89. The van der Waals surface area contributed by atoms with Gasteiger partial charge in [-0.1, -0.05) is 19.8 Å². The van der Waals surface area contributed by atoms with Gasteiger partial charge in [0.15, 0.2) is 0 Å². The van der Waals surface area contributed by atoms with Crippen LogP contribution in [-0.2, 0) is 0 Å². The lowest BCUT2D eigenvalue weighted by Gasteiger charge is -2.12. The van der Waals surface area contributed by atoms with Gasteiger partial charge in [-0.05, 0) is 37.8 Å². The first kappa shape index (κ1) is 10.0. The molecule has 0 aromatic rings. The van der Waals surface area contributed by atoms with Crippen molar-refractivity contribution in [2.75, 3.05) is 19.6 Å². The maximum absolute atomic E-state index is 5.67. The molecule has 1 aliphatic rings. The zero-order valence-corrected chi connectivity index (χ0v) is 8.23. The Bertz CT molecular complexity index is 119. The molecule has 0 saturated heterocycles. The molecule has 2 nitrogen and oxygen atoms in total. The van der Waals surface area contributed by atoms with Crippen molar-refractivity contribution in [3.05, 3.63) is 0 Å². The molecule has 1 aliphatic carbocycles. The predicted octanol–water partition coefficient (Wildman–Crippen LogP) is 1.51. The molecule has 0 atom stereocenters. The van der Waals surface area contributed by atoms with Crippen LogP contribution < -0.4 is 11.1 Å². The van der Waals surface area contributed by atoms with Crippen LogP contribution in [0.15, 0.2) is 0 Å². The van der Waals surface area contributed by atoms with E-state index in [1.54, 1.807) is 0 Å². The van der Waals surface area contributed by atoms with Crippen molar-refractivity contribution >= 4 is 0 Å². The van der Waals surface area contributed by atoms with Crippen LogP contribution in [0.3, 0.4) is 0 Å². The monoisotopic (exact) mass is 170 g/mol. The third-order valence-corrected chi connectivity index (χ3v) is 2.85. The van der Waals surface area contributed by atoms with E-state index in [0.29, 0.717) is 5.41 Å². The average molecular weight is 170 g/mol. The molecule has 0 unspecified atom stereocenters. The highest BCUT2D eigenvalue weighted by Gasteiger charge is 2.40. The Kier molecular flexibility index (Phi) is 4.02. The van der Waals surface area contributed by atoms with E-state index in [9.17, 15) is 0 Å². The van der Waals surface area contributed by atoms with Crippen molar-refractivity contribution in [1.29, 1.82) is 0 Å². The third-order valence-electron chi connectivity index (χ3n) is 2.85. The number of rotatable bonds is 7. The second-order valence-electron chi connectivity index (χ2n) is 4.09. The molecule has 0 aliphatic heterocycles. The molecule has 0 heterocycles. The summed E-state index contributed by atoms with van der Waals surface area (Å²) in [6, 6.07) is 0. The second kappa shape index (κ2) is 4.83. The average Bonchev–Trinajstić information content (AvgIpc) is 2.85. The van der Waals surface area contributed by atoms with E-state index in [1.165, 1.54) is 38.6 Å². The smallest absolute Gasteiger partial charge is 0.00199 e. The Labute approximate surface area is 75.9 Å². The fraction of sp³-hybridized carbons (Fsp3) is 1.00. The van der Waals surface area contributed by atoms with Crippen molar-refractivity contribution in [3.8, 4) is 0 Å².